The quantitative estimate of drug-likeness (QED) is 0.267. The van der Waals surface area contributed by atoms with Gasteiger partial charge in [-0.2, -0.15) is 0 Å². The molecule has 0 radical (unpaired) electrons. The summed E-state index contributed by atoms with van der Waals surface area (Å²) in [5.41, 5.74) is 0.754. The molecule has 0 saturated heterocycles. The van der Waals surface area contributed by atoms with Crippen LogP contribution in [0.5, 0.6) is 5.75 Å². The Morgan fingerprint density at radius 3 is 2.45 bits per heavy atom. The normalized spacial score (nSPS) is 15.2. The van der Waals surface area contributed by atoms with Crippen molar-refractivity contribution in [2.75, 3.05) is 26.5 Å². The number of thioether (sulfide) groups is 1. The van der Waals surface area contributed by atoms with Gasteiger partial charge >= 0.3 is 0 Å². The highest BCUT2D eigenvalue weighted by Gasteiger charge is 2.22. The van der Waals surface area contributed by atoms with Gasteiger partial charge in [-0.05, 0) is 49.2 Å². The van der Waals surface area contributed by atoms with Crippen molar-refractivity contribution in [3.63, 3.8) is 0 Å². The predicted molar refractivity (Wildman–Crippen MR) is 132 cm³/mol. The topological polar surface area (TPSA) is 81.5 Å². The molecule has 0 bridgehead atoms. The average Bonchev–Trinajstić information content (AvgIpc) is 2.83. The molecule has 1 aliphatic rings. The number of para-hydroxylation sites is 1. The second-order valence-corrected chi connectivity index (χ2v) is 11.5. The van der Waals surface area contributed by atoms with Crippen LogP contribution in [0, 0.1) is 0 Å². The summed E-state index contributed by atoms with van der Waals surface area (Å²) in [6.07, 6.45) is 5.50. The Balaban J connectivity index is 1.46. The van der Waals surface area contributed by atoms with E-state index in [9.17, 15) is 13.2 Å². The molecule has 0 aliphatic heterocycles. The number of rotatable bonds is 8. The maximum absolute atomic E-state index is 13.3. The third-order valence-corrected chi connectivity index (χ3v) is 8.65. The molecule has 1 heterocycles. The summed E-state index contributed by atoms with van der Waals surface area (Å²) in [6, 6.07) is 14.1. The molecule has 1 aromatic heterocycles. The van der Waals surface area contributed by atoms with Crippen LogP contribution in [0.25, 0.3) is 10.9 Å². The van der Waals surface area contributed by atoms with Gasteiger partial charge in [0, 0.05) is 25.9 Å². The molecule has 176 valence electrons. The molecule has 33 heavy (non-hydrogen) atoms. The second-order valence-electron chi connectivity index (χ2n) is 8.33. The first-order chi connectivity index (χ1) is 15.9. The fourth-order valence-corrected chi connectivity index (χ4v) is 5.88. The van der Waals surface area contributed by atoms with Gasteiger partial charge in [-0.3, -0.25) is 9.36 Å². The fourth-order valence-electron chi connectivity index (χ4n) is 4.10. The van der Waals surface area contributed by atoms with Gasteiger partial charge in [-0.1, -0.05) is 43.2 Å². The number of hydrogen-bond donors (Lipinski definition) is 0. The van der Waals surface area contributed by atoms with Crippen LogP contribution in [0.2, 0.25) is 0 Å². The monoisotopic (exact) mass is 487 g/mol. The molecular weight excluding hydrogens is 458 g/mol. The van der Waals surface area contributed by atoms with Crippen LogP contribution >= 0.6 is 11.8 Å². The molecule has 9 heteroatoms. The fraction of sp³-hybridized carbons (Fsp3) is 0.417. The summed E-state index contributed by atoms with van der Waals surface area (Å²) in [4.78, 5) is 18.3. The van der Waals surface area contributed by atoms with E-state index < -0.39 is 10.0 Å². The standard InChI is InChI=1S/C24H29N3O4S2/c1-26(2)33(29,30)20-14-12-19(13-15-20)31-16-17-32-24-25-22-11-7-6-10-21(22)23(28)27(24)18-8-4-3-5-9-18/h6-7,10-15,18H,3-5,8-9,16-17H2,1-2H3. The first-order valence-electron chi connectivity index (χ1n) is 11.2. The number of fused-ring (bicyclic) bond motifs is 1. The zero-order valence-electron chi connectivity index (χ0n) is 18.9. The van der Waals surface area contributed by atoms with E-state index in [0.29, 0.717) is 23.5 Å². The predicted octanol–water partition coefficient (Wildman–Crippen LogP) is 4.32. The van der Waals surface area contributed by atoms with Gasteiger partial charge in [-0.25, -0.2) is 17.7 Å². The van der Waals surface area contributed by atoms with Crippen LogP contribution in [0.4, 0.5) is 0 Å². The summed E-state index contributed by atoms with van der Waals surface area (Å²) in [5, 5.41) is 1.40. The van der Waals surface area contributed by atoms with Crippen molar-refractivity contribution in [1.29, 1.82) is 0 Å². The van der Waals surface area contributed by atoms with Gasteiger partial charge < -0.3 is 4.74 Å². The van der Waals surface area contributed by atoms with Crippen LogP contribution < -0.4 is 10.3 Å². The summed E-state index contributed by atoms with van der Waals surface area (Å²) < 4.78 is 33.3. The van der Waals surface area contributed by atoms with E-state index in [1.807, 2.05) is 28.8 Å². The minimum Gasteiger partial charge on any atom is -0.493 e. The van der Waals surface area contributed by atoms with E-state index in [1.54, 1.807) is 24.3 Å². The lowest BCUT2D eigenvalue weighted by Gasteiger charge is -2.26. The van der Waals surface area contributed by atoms with Gasteiger partial charge in [0.25, 0.3) is 5.56 Å². The lowest BCUT2D eigenvalue weighted by molar-refractivity contribution is 0.325. The van der Waals surface area contributed by atoms with Crippen molar-refractivity contribution in [3.8, 4) is 5.75 Å². The Morgan fingerprint density at radius 1 is 1.06 bits per heavy atom. The van der Waals surface area contributed by atoms with Crippen molar-refractivity contribution < 1.29 is 13.2 Å². The zero-order valence-corrected chi connectivity index (χ0v) is 20.6. The molecule has 0 amide bonds. The van der Waals surface area contributed by atoms with Crippen molar-refractivity contribution in [2.45, 2.75) is 48.2 Å². The Bertz CT molecular complexity index is 1270. The van der Waals surface area contributed by atoms with Crippen molar-refractivity contribution >= 4 is 32.7 Å². The molecule has 0 atom stereocenters. The van der Waals surface area contributed by atoms with Crippen LogP contribution in [0.3, 0.4) is 0 Å². The van der Waals surface area contributed by atoms with E-state index in [0.717, 1.165) is 36.4 Å². The summed E-state index contributed by atoms with van der Waals surface area (Å²) in [6.45, 7) is 0.414. The first kappa shape index (κ1) is 23.8. The number of aromatic nitrogens is 2. The van der Waals surface area contributed by atoms with Crippen LogP contribution in [0.15, 0.2) is 63.4 Å². The smallest absolute Gasteiger partial charge is 0.262 e. The molecule has 0 unspecified atom stereocenters. The third-order valence-electron chi connectivity index (χ3n) is 5.90. The minimum atomic E-state index is -3.46. The van der Waals surface area contributed by atoms with Gasteiger partial charge in [0.1, 0.15) is 5.75 Å². The lowest BCUT2D eigenvalue weighted by Crippen LogP contribution is -2.29. The number of nitrogens with zero attached hydrogens (tertiary/aromatic N) is 3. The first-order valence-corrected chi connectivity index (χ1v) is 13.6. The molecular formula is C24H29N3O4S2. The Kier molecular flexibility index (Phi) is 7.41. The summed E-state index contributed by atoms with van der Waals surface area (Å²) >= 11 is 1.52. The van der Waals surface area contributed by atoms with Gasteiger partial charge in [0.2, 0.25) is 10.0 Å². The molecule has 1 saturated carbocycles. The SMILES string of the molecule is CN(C)S(=O)(=O)c1ccc(OCCSc2nc3ccccc3c(=O)n2C2CCCCC2)cc1. The number of sulfonamides is 1. The molecule has 3 aromatic rings. The number of benzene rings is 2. The van der Waals surface area contributed by atoms with E-state index in [-0.39, 0.29) is 16.5 Å². The Labute approximate surface area is 198 Å². The molecule has 4 rings (SSSR count). The summed E-state index contributed by atoms with van der Waals surface area (Å²) in [5.74, 6) is 1.22. The van der Waals surface area contributed by atoms with Gasteiger partial charge in [0.15, 0.2) is 5.16 Å². The molecule has 2 aromatic carbocycles. The van der Waals surface area contributed by atoms with Crippen molar-refractivity contribution in [2.24, 2.45) is 0 Å². The summed E-state index contributed by atoms with van der Waals surface area (Å²) in [7, 11) is -0.450. The van der Waals surface area contributed by atoms with E-state index in [2.05, 4.69) is 0 Å². The van der Waals surface area contributed by atoms with Crippen molar-refractivity contribution in [1.82, 2.24) is 13.9 Å². The highest BCUT2D eigenvalue weighted by molar-refractivity contribution is 7.99. The van der Waals surface area contributed by atoms with E-state index in [4.69, 9.17) is 9.72 Å². The molecule has 1 fully saturated rings. The maximum atomic E-state index is 13.3. The number of ether oxygens (including phenoxy) is 1. The second kappa shape index (κ2) is 10.3. The highest BCUT2D eigenvalue weighted by atomic mass is 32.2. The number of hydrogen-bond acceptors (Lipinski definition) is 6. The lowest BCUT2D eigenvalue weighted by atomic mass is 9.95. The van der Waals surface area contributed by atoms with E-state index in [1.165, 1.54) is 36.6 Å². The maximum Gasteiger partial charge on any atom is 0.262 e. The van der Waals surface area contributed by atoms with Gasteiger partial charge in [0.05, 0.1) is 22.4 Å². The zero-order chi connectivity index (χ0) is 23.4. The van der Waals surface area contributed by atoms with Crippen LogP contribution in [-0.2, 0) is 10.0 Å². The third kappa shape index (κ3) is 5.26. The van der Waals surface area contributed by atoms with Crippen LogP contribution in [-0.4, -0.2) is 48.7 Å². The largest absolute Gasteiger partial charge is 0.493 e. The highest BCUT2D eigenvalue weighted by Crippen LogP contribution is 2.31. The van der Waals surface area contributed by atoms with Crippen molar-refractivity contribution in [3.05, 3.63) is 58.9 Å². The Hall–Kier alpha value is -2.36. The molecule has 0 spiro atoms. The van der Waals surface area contributed by atoms with Gasteiger partial charge in [-0.15, -0.1) is 0 Å². The molecule has 0 N–H and O–H groups in total. The van der Waals surface area contributed by atoms with E-state index >= 15 is 0 Å². The van der Waals surface area contributed by atoms with Crippen LogP contribution in [0.1, 0.15) is 38.1 Å². The minimum absolute atomic E-state index is 0.0357. The molecule has 1 aliphatic carbocycles. The average molecular weight is 488 g/mol. The molecule has 7 nitrogen and oxygen atoms in total. The Morgan fingerprint density at radius 2 is 1.76 bits per heavy atom.